The van der Waals surface area contributed by atoms with Crippen LogP contribution in [0.4, 0.5) is 10.1 Å². The number of methoxy groups -OCH3 is 2. The topological polar surface area (TPSA) is 73.6 Å². The first-order valence-corrected chi connectivity index (χ1v) is 7.79. The zero-order valence-electron chi connectivity index (χ0n) is 14.5. The van der Waals surface area contributed by atoms with Crippen LogP contribution in [0.25, 0.3) is 11.3 Å². The monoisotopic (exact) mass is 356 g/mol. The molecule has 0 bridgehead atoms. The van der Waals surface area contributed by atoms with Crippen LogP contribution in [0.2, 0.25) is 0 Å². The van der Waals surface area contributed by atoms with Gasteiger partial charge in [-0.15, -0.1) is 0 Å². The summed E-state index contributed by atoms with van der Waals surface area (Å²) in [5.74, 6) is 0.525. The average molecular weight is 356 g/mol. The van der Waals surface area contributed by atoms with Gasteiger partial charge in [0.05, 0.1) is 14.2 Å². The van der Waals surface area contributed by atoms with E-state index in [1.165, 1.54) is 26.4 Å². The number of amides is 1. The Morgan fingerprint density at radius 1 is 1.12 bits per heavy atom. The van der Waals surface area contributed by atoms with E-state index in [-0.39, 0.29) is 11.3 Å². The number of anilines is 1. The number of carbonyl (C=O) groups is 1. The average Bonchev–Trinajstić information content (AvgIpc) is 3.03. The number of halogens is 1. The predicted octanol–water partition coefficient (Wildman–Crippen LogP) is 4.06. The van der Waals surface area contributed by atoms with Crippen LogP contribution in [-0.4, -0.2) is 25.3 Å². The molecule has 0 aliphatic heterocycles. The quantitative estimate of drug-likeness (QED) is 0.746. The van der Waals surface area contributed by atoms with Crippen molar-refractivity contribution in [1.29, 1.82) is 0 Å². The molecule has 1 heterocycles. The Balaban J connectivity index is 1.93. The van der Waals surface area contributed by atoms with E-state index in [0.29, 0.717) is 28.5 Å². The van der Waals surface area contributed by atoms with Gasteiger partial charge in [-0.1, -0.05) is 17.3 Å². The molecule has 0 fully saturated rings. The minimum absolute atomic E-state index is 0.241. The molecular formula is C19H17FN2O4. The molecule has 3 aromatic rings. The standard InChI is InChI=1S/C19H17FN2O4/c1-11-17(18(22-26-11)12-5-4-6-13(20)9-12)19(23)21-14-7-8-15(24-2)16(10-14)25-3/h4-10H,1-3H3,(H,21,23). The van der Waals surface area contributed by atoms with Gasteiger partial charge in [0, 0.05) is 17.3 Å². The second-order valence-corrected chi connectivity index (χ2v) is 5.50. The van der Waals surface area contributed by atoms with E-state index in [1.807, 2.05) is 0 Å². The van der Waals surface area contributed by atoms with Gasteiger partial charge in [-0.3, -0.25) is 4.79 Å². The van der Waals surface area contributed by atoms with Crippen molar-refractivity contribution in [3.8, 4) is 22.8 Å². The zero-order valence-corrected chi connectivity index (χ0v) is 14.5. The van der Waals surface area contributed by atoms with Crippen molar-refractivity contribution in [3.63, 3.8) is 0 Å². The summed E-state index contributed by atoms with van der Waals surface area (Å²) in [7, 11) is 3.04. The zero-order chi connectivity index (χ0) is 18.7. The lowest BCUT2D eigenvalue weighted by Crippen LogP contribution is -2.13. The smallest absolute Gasteiger partial charge is 0.261 e. The minimum Gasteiger partial charge on any atom is -0.493 e. The fourth-order valence-electron chi connectivity index (χ4n) is 2.58. The first-order valence-electron chi connectivity index (χ1n) is 7.79. The summed E-state index contributed by atoms with van der Waals surface area (Å²) in [6.07, 6.45) is 0. The van der Waals surface area contributed by atoms with Crippen LogP contribution in [0.1, 0.15) is 16.1 Å². The van der Waals surface area contributed by atoms with Gasteiger partial charge in [0.2, 0.25) is 0 Å². The van der Waals surface area contributed by atoms with Crippen molar-refractivity contribution >= 4 is 11.6 Å². The van der Waals surface area contributed by atoms with Crippen LogP contribution in [-0.2, 0) is 0 Å². The molecule has 26 heavy (non-hydrogen) atoms. The summed E-state index contributed by atoms with van der Waals surface area (Å²) in [6, 6.07) is 10.8. The molecule has 1 N–H and O–H groups in total. The molecule has 7 heteroatoms. The highest BCUT2D eigenvalue weighted by Crippen LogP contribution is 2.31. The van der Waals surface area contributed by atoms with E-state index in [1.54, 1.807) is 37.3 Å². The highest BCUT2D eigenvalue weighted by molar-refractivity contribution is 6.08. The number of rotatable bonds is 5. The molecule has 2 aromatic carbocycles. The molecule has 134 valence electrons. The van der Waals surface area contributed by atoms with E-state index in [2.05, 4.69) is 10.5 Å². The number of hydrogen-bond donors (Lipinski definition) is 1. The number of nitrogens with zero attached hydrogens (tertiary/aromatic N) is 1. The predicted molar refractivity (Wildman–Crippen MR) is 94.1 cm³/mol. The summed E-state index contributed by atoms with van der Waals surface area (Å²) >= 11 is 0. The van der Waals surface area contributed by atoms with Crippen LogP contribution < -0.4 is 14.8 Å². The van der Waals surface area contributed by atoms with Gasteiger partial charge in [-0.05, 0) is 31.2 Å². The first-order chi connectivity index (χ1) is 12.5. The number of benzene rings is 2. The summed E-state index contributed by atoms with van der Waals surface area (Å²) < 4.78 is 29.1. The molecule has 0 aliphatic carbocycles. The number of carbonyl (C=O) groups excluding carboxylic acids is 1. The van der Waals surface area contributed by atoms with Gasteiger partial charge in [-0.25, -0.2) is 4.39 Å². The number of ether oxygens (including phenoxy) is 2. The Morgan fingerprint density at radius 3 is 2.58 bits per heavy atom. The number of hydrogen-bond acceptors (Lipinski definition) is 5. The fraction of sp³-hybridized carbons (Fsp3) is 0.158. The van der Waals surface area contributed by atoms with E-state index >= 15 is 0 Å². The molecule has 6 nitrogen and oxygen atoms in total. The van der Waals surface area contributed by atoms with Crippen molar-refractivity contribution < 1.29 is 23.2 Å². The van der Waals surface area contributed by atoms with Gasteiger partial charge >= 0.3 is 0 Å². The molecule has 0 unspecified atom stereocenters. The third kappa shape index (κ3) is 3.37. The lowest BCUT2D eigenvalue weighted by molar-refractivity contribution is 0.102. The Morgan fingerprint density at radius 2 is 1.88 bits per heavy atom. The van der Waals surface area contributed by atoms with E-state index in [0.717, 1.165) is 0 Å². The summed E-state index contributed by atoms with van der Waals surface area (Å²) in [6.45, 7) is 1.62. The van der Waals surface area contributed by atoms with Crippen LogP contribution in [0.3, 0.4) is 0 Å². The molecular weight excluding hydrogens is 339 g/mol. The SMILES string of the molecule is COc1ccc(NC(=O)c2c(-c3cccc(F)c3)noc2C)cc1OC. The number of aromatic nitrogens is 1. The van der Waals surface area contributed by atoms with E-state index in [9.17, 15) is 9.18 Å². The Labute approximate surface area is 149 Å². The largest absolute Gasteiger partial charge is 0.493 e. The van der Waals surface area contributed by atoms with E-state index < -0.39 is 11.7 Å². The van der Waals surface area contributed by atoms with E-state index in [4.69, 9.17) is 14.0 Å². The maximum Gasteiger partial charge on any atom is 0.261 e. The first kappa shape index (κ1) is 17.5. The molecule has 0 radical (unpaired) electrons. The molecule has 0 atom stereocenters. The minimum atomic E-state index is -0.422. The maximum atomic E-state index is 13.5. The molecule has 1 amide bonds. The second-order valence-electron chi connectivity index (χ2n) is 5.50. The summed E-state index contributed by atoms with van der Waals surface area (Å²) in [5, 5.41) is 6.67. The highest BCUT2D eigenvalue weighted by Gasteiger charge is 2.22. The Bertz CT molecular complexity index is 952. The molecule has 0 aliphatic rings. The van der Waals surface area contributed by atoms with Crippen molar-refractivity contribution in [2.45, 2.75) is 6.92 Å². The third-order valence-corrected chi connectivity index (χ3v) is 3.83. The van der Waals surface area contributed by atoms with Crippen LogP contribution in [0.5, 0.6) is 11.5 Å². The lowest BCUT2D eigenvalue weighted by Gasteiger charge is -2.10. The molecule has 0 saturated carbocycles. The van der Waals surface area contributed by atoms with Gasteiger partial charge in [0.1, 0.15) is 22.8 Å². The summed E-state index contributed by atoms with van der Waals surface area (Å²) in [5.41, 5.74) is 1.49. The van der Waals surface area contributed by atoms with Crippen LogP contribution in [0.15, 0.2) is 47.0 Å². The molecule has 0 saturated heterocycles. The van der Waals surface area contributed by atoms with Crippen molar-refractivity contribution in [1.82, 2.24) is 5.16 Å². The van der Waals surface area contributed by atoms with Gasteiger partial charge in [-0.2, -0.15) is 0 Å². The summed E-state index contributed by atoms with van der Waals surface area (Å²) in [4.78, 5) is 12.8. The lowest BCUT2D eigenvalue weighted by atomic mass is 10.1. The Kier molecular flexibility index (Phi) is 4.88. The van der Waals surface area contributed by atoms with Gasteiger partial charge in [0.25, 0.3) is 5.91 Å². The Hall–Kier alpha value is -3.35. The van der Waals surface area contributed by atoms with Crippen LogP contribution >= 0.6 is 0 Å². The molecule has 0 spiro atoms. The molecule has 1 aromatic heterocycles. The second kappa shape index (κ2) is 7.26. The van der Waals surface area contributed by atoms with Crippen molar-refractivity contribution in [2.75, 3.05) is 19.5 Å². The number of nitrogens with one attached hydrogen (secondary N) is 1. The third-order valence-electron chi connectivity index (χ3n) is 3.83. The highest BCUT2D eigenvalue weighted by atomic mass is 19.1. The number of aryl methyl sites for hydroxylation is 1. The van der Waals surface area contributed by atoms with Crippen molar-refractivity contribution in [3.05, 3.63) is 59.6 Å². The van der Waals surface area contributed by atoms with Crippen LogP contribution in [0, 0.1) is 12.7 Å². The molecule has 3 rings (SSSR count). The maximum absolute atomic E-state index is 13.5. The normalized spacial score (nSPS) is 10.5. The van der Waals surface area contributed by atoms with Crippen molar-refractivity contribution in [2.24, 2.45) is 0 Å². The fourth-order valence-corrected chi connectivity index (χ4v) is 2.58. The van der Waals surface area contributed by atoms with Gasteiger partial charge in [0.15, 0.2) is 11.5 Å². The van der Waals surface area contributed by atoms with Gasteiger partial charge < -0.3 is 19.3 Å².